The Labute approximate surface area is 118 Å². The predicted molar refractivity (Wildman–Crippen MR) is 74.3 cm³/mol. The molecule has 2 rings (SSSR count). The fourth-order valence-corrected chi connectivity index (χ4v) is 2.71. The van der Waals surface area contributed by atoms with Gasteiger partial charge in [-0.2, -0.15) is 0 Å². The number of aromatic nitrogens is 1. The van der Waals surface area contributed by atoms with Gasteiger partial charge >= 0.3 is 5.97 Å². The standard InChI is InChI=1S/C15H20N2O3/c18-14(11-7-9-16-10-8-11)17-13-6-4-2-1-3-5-12(13)15(19)20/h7-10,12-13H,1-6H2,(H,17,18)(H,19,20). The van der Waals surface area contributed by atoms with Gasteiger partial charge in [0.1, 0.15) is 0 Å². The topological polar surface area (TPSA) is 79.3 Å². The Morgan fingerprint density at radius 1 is 1.10 bits per heavy atom. The highest BCUT2D eigenvalue weighted by Crippen LogP contribution is 2.23. The first-order valence-electron chi connectivity index (χ1n) is 7.12. The number of hydrogen-bond acceptors (Lipinski definition) is 3. The van der Waals surface area contributed by atoms with Crippen molar-refractivity contribution in [2.45, 2.75) is 44.6 Å². The zero-order chi connectivity index (χ0) is 14.4. The lowest BCUT2D eigenvalue weighted by Gasteiger charge is -2.27. The van der Waals surface area contributed by atoms with Crippen LogP contribution in [0, 0.1) is 5.92 Å². The monoisotopic (exact) mass is 276 g/mol. The van der Waals surface area contributed by atoms with Gasteiger partial charge in [0.05, 0.1) is 5.92 Å². The molecule has 2 atom stereocenters. The number of aliphatic carboxylic acids is 1. The van der Waals surface area contributed by atoms with Gasteiger partial charge in [0, 0.05) is 24.0 Å². The molecule has 5 heteroatoms. The molecule has 0 radical (unpaired) electrons. The Kier molecular flexibility index (Phi) is 5.09. The van der Waals surface area contributed by atoms with Crippen LogP contribution in [0.25, 0.3) is 0 Å². The van der Waals surface area contributed by atoms with Gasteiger partial charge in [0.15, 0.2) is 0 Å². The van der Waals surface area contributed by atoms with Crippen molar-refractivity contribution < 1.29 is 14.7 Å². The lowest BCUT2D eigenvalue weighted by atomic mass is 9.86. The molecule has 2 unspecified atom stereocenters. The first-order chi connectivity index (χ1) is 9.68. The number of pyridine rings is 1. The van der Waals surface area contributed by atoms with Gasteiger partial charge in [-0.15, -0.1) is 0 Å². The van der Waals surface area contributed by atoms with E-state index >= 15 is 0 Å². The molecule has 1 aromatic heterocycles. The highest BCUT2D eigenvalue weighted by molar-refractivity contribution is 5.94. The molecule has 2 N–H and O–H groups in total. The van der Waals surface area contributed by atoms with Crippen molar-refractivity contribution in [1.82, 2.24) is 10.3 Å². The van der Waals surface area contributed by atoms with Crippen LogP contribution in [-0.2, 0) is 4.79 Å². The Hall–Kier alpha value is -1.91. The second kappa shape index (κ2) is 7.03. The summed E-state index contributed by atoms with van der Waals surface area (Å²) in [6.07, 6.45) is 8.54. The summed E-state index contributed by atoms with van der Waals surface area (Å²) in [5.41, 5.74) is 0.520. The predicted octanol–water partition coefficient (Wildman–Crippen LogP) is 2.24. The molecule has 0 spiro atoms. The maximum absolute atomic E-state index is 12.1. The lowest BCUT2D eigenvalue weighted by Crippen LogP contribution is -2.43. The van der Waals surface area contributed by atoms with Crippen LogP contribution in [0.1, 0.15) is 48.9 Å². The summed E-state index contributed by atoms with van der Waals surface area (Å²) in [7, 11) is 0. The van der Waals surface area contributed by atoms with Crippen molar-refractivity contribution in [1.29, 1.82) is 0 Å². The Morgan fingerprint density at radius 2 is 1.75 bits per heavy atom. The largest absolute Gasteiger partial charge is 0.481 e. The smallest absolute Gasteiger partial charge is 0.308 e. The summed E-state index contributed by atoms with van der Waals surface area (Å²) in [6, 6.07) is 2.98. The number of nitrogens with one attached hydrogen (secondary N) is 1. The summed E-state index contributed by atoms with van der Waals surface area (Å²) < 4.78 is 0. The molecule has 1 aliphatic rings. The molecule has 1 amide bonds. The number of carbonyl (C=O) groups is 2. The molecule has 1 fully saturated rings. The van der Waals surface area contributed by atoms with Crippen LogP contribution >= 0.6 is 0 Å². The minimum absolute atomic E-state index is 0.218. The molecule has 0 aliphatic heterocycles. The van der Waals surface area contributed by atoms with Crippen molar-refractivity contribution in [3.63, 3.8) is 0 Å². The van der Waals surface area contributed by atoms with Crippen molar-refractivity contribution >= 4 is 11.9 Å². The van der Waals surface area contributed by atoms with E-state index < -0.39 is 11.9 Å². The van der Waals surface area contributed by atoms with E-state index in [1.807, 2.05) is 0 Å². The van der Waals surface area contributed by atoms with Gasteiger partial charge in [-0.3, -0.25) is 14.6 Å². The van der Waals surface area contributed by atoms with Crippen LogP contribution < -0.4 is 5.32 Å². The highest BCUT2D eigenvalue weighted by Gasteiger charge is 2.29. The van der Waals surface area contributed by atoms with Gasteiger partial charge in [-0.1, -0.05) is 25.7 Å². The molecule has 1 heterocycles. The first-order valence-corrected chi connectivity index (χ1v) is 7.12. The Bertz CT molecular complexity index is 461. The molecule has 108 valence electrons. The molecular formula is C15H20N2O3. The van der Waals surface area contributed by atoms with Crippen LogP contribution in [0.5, 0.6) is 0 Å². The van der Waals surface area contributed by atoms with Crippen LogP contribution in [0.4, 0.5) is 0 Å². The van der Waals surface area contributed by atoms with E-state index in [9.17, 15) is 14.7 Å². The van der Waals surface area contributed by atoms with Gasteiger partial charge in [-0.25, -0.2) is 0 Å². The number of carbonyl (C=O) groups excluding carboxylic acids is 1. The molecule has 0 saturated heterocycles. The maximum Gasteiger partial charge on any atom is 0.308 e. The quantitative estimate of drug-likeness (QED) is 0.887. The third-order valence-electron chi connectivity index (χ3n) is 3.84. The van der Waals surface area contributed by atoms with E-state index in [2.05, 4.69) is 10.3 Å². The van der Waals surface area contributed by atoms with Crippen LogP contribution in [0.15, 0.2) is 24.5 Å². The summed E-state index contributed by atoms with van der Waals surface area (Å²) in [5.74, 6) is -1.52. The third-order valence-corrected chi connectivity index (χ3v) is 3.84. The number of nitrogens with zero attached hydrogens (tertiary/aromatic N) is 1. The van der Waals surface area contributed by atoms with E-state index in [-0.39, 0.29) is 11.9 Å². The number of hydrogen-bond donors (Lipinski definition) is 2. The fraction of sp³-hybridized carbons (Fsp3) is 0.533. The van der Waals surface area contributed by atoms with Gasteiger partial charge in [0.25, 0.3) is 5.91 Å². The zero-order valence-corrected chi connectivity index (χ0v) is 11.4. The zero-order valence-electron chi connectivity index (χ0n) is 11.4. The van der Waals surface area contributed by atoms with E-state index in [0.717, 1.165) is 32.1 Å². The van der Waals surface area contributed by atoms with Crippen molar-refractivity contribution in [3.8, 4) is 0 Å². The normalized spacial score (nSPS) is 23.4. The molecular weight excluding hydrogens is 256 g/mol. The first kappa shape index (κ1) is 14.5. The minimum atomic E-state index is -0.813. The number of rotatable bonds is 3. The number of carboxylic acid groups (broad SMARTS) is 1. The van der Waals surface area contributed by atoms with E-state index in [0.29, 0.717) is 12.0 Å². The number of amides is 1. The summed E-state index contributed by atoms with van der Waals surface area (Å²) in [4.78, 5) is 27.4. The second-order valence-electron chi connectivity index (χ2n) is 5.25. The van der Waals surface area contributed by atoms with Crippen LogP contribution in [-0.4, -0.2) is 28.0 Å². The van der Waals surface area contributed by atoms with Crippen molar-refractivity contribution in [2.75, 3.05) is 0 Å². The van der Waals surface area contributed by atoms with E-state index in [1.165, 1.54) is 0 Å². The summed E-state index contributed by atoms with van der Waals surface area (Å²) in [5, 5.41) is 12.2. The van der Waals surface area contributed by atoms with Crippen LogP contribution in [0.3, 0.4) is 0 Å². The molecule has 5 nitrogen and oxygen atoms in total. The van der Waals surface area contributed by atoms with Gasteiger partial charge in [0.2, 0.25) is 0 Å². The molecule has 0 bridgehead atoms. The Morgan fingerprint density at radius 3 is 2.40 bits per heavy atom. The molecule has 1 saturated carbocycles. The van der Waals surface area contributed by atoms with E-state index in [4.69, 9.17) is 0 Å². The highest BCUT2D eigenvalue weighted by atomic mass is 16.4. The lowest BCUT2D eigenvalue weighted by molar-refractivity contribution is -0.143. The SMILES string of the molecule is O=C(NC1CCCCCCC1C(=O)O)c1ccncc1. The third kappa shape index (κ3) is 3.79. The second-order valence-corrected chi connectivity index (χ2v) is 5.25. The molecule has 0 aromatic carbocycles. The molecule has 20 heavy (non-hydrogen) atoms. The average molecular weight is 276 g/mol. The number of carboxylic acids is 1. The maximum atomic E-state index is 12.1. The van der Waals surface area contributed by atoms with Crippen molar-refractivity contribution in [3.05, 3.63) is 30.1 Å². The average Bonchev–Trinajstić information content (AvgIpc) is 2.42. The van der Waals surface area contributed by atoms with Crippen molar-refractivity contribution in [2.24, 2.45) is 5.92 Å². The summed E-state index contributed by atoms with van der Waals surface area (Å²) >= 11 is 0. The fourth-order valence-electron chi connectivity index (χ4n) is 2.71. The minimum Gasteiger partial charge on any atom is -0.481 e. The molecule has 1 aliphatic carbocycles. The van der Waals surface area contributed by atoms with Gasteiger partial charge < -0.3 is 10.4 Å². The van der Waals surface area contributed by atoms with E-state index in [1.54, 1.807) is 24.5 Å². The van der Waals surface area contributed by atoms with Crippen LogP contribution in [0.2, 0.25) is 0 Å². The molecule has 1 aromatic rings. The Balaban J connectivity index is 2.06. The van der Waals surface area contributed by atoms with Gasteiger partial charge in [-0.05, 0) is 25.0 Å². The summed E-state index contributed by atoms with van der Waals surface area (Å²) in [6.45, 7) is 0.